The predicted octanol–water partition coefficient (Wildman–Crippen LogP) is 1.48. The molecule has 1 aromatic rings. The van der Waals surface area contributed by atoms with Crippen LogP contribution in [0.2, 0.25) is 0 Å². The van der Waals surface area contributed by atoms with Crippen LogP contribution in [0.25, 0.3) is 5.16 Å². The van der Waals surface area contributed by atoms with E-state index in [9.17, 15) is 14.0 Å². The van der Waals surface area contributed by atoms with Crippen molar-refractivity contribution in [2.45, 2.75) is 0 Å². The van der Waals surface area contributed by atoms with Gasteiger partial charge in [0, 0.05) is 0 Å². The maximum absolute atomic E-state index is 12.7. The molecule has 0 unspecified atom stereocenters. The fraction of sp³-hybridized carbons (Fsp3) is 0. The van der Waals surface area contributed by atoms with E-state index >= 15 is 0 Å². The maximum atomic E-state index is 12.7. The van der Waals surface area contributed by atoms with Gasteiger partial charge in [0.25, 0.3) is 5.56 Å². The minimum Gasteiger partial charge on any atom is -0.271 e. The maximum Gasteiger partial charge on any atom is 0.333 e. The summed E-state index contributed by atoms with van der Waals surface area (Å²) in [4.78, 5) is 23.3. The fourth-order valence-electron chi connectivity index (χ4n) is 0.685. The van der Waals surface area contributed by atoms with Crippen LogP contribution in [0.1, 0.15) is 0 Å². The van der Waals surface area contributed by atoms with Crippen molar-refractivity contribution in [2.75, 3.05) is 0 Å². The minimum atomic E-state index is -1.17. The summed E-state index contributed by atoms with van der Waals surface area (Å²) < 4.78 is 12.9. The highest BCUT2D eigenvalue weighted by Crippen LogP contribution is 2.20. The number of aromatic amines is 1. The Hall–Kier alpha value is -0.780. The molecule has 1 heterocycles. The third-order valence-corrected chi connectivity index (χ3v) is 2.19. The van der Waals surface area contributed by atoms with E-state index in [1.54, 1.807) is 4.98 Å². The van der Waals surface area contributed by atoms with Crippen LogP contribution in [0.4, 0.5) is 4.39 Å². The van der Waals surface area contributed by atoms with Crippen LogP contribution in [-0.4, -0.2) is 9.55 Å². The van der Waals surface area contributed by atoms with Crippen molar-refractivity contribution in [1.29, 1.82) is 0 Å². The average molecular weight is 259 g/mol. The van der Waals surface area contributed by atoms with Crippen LogP contribution in [0.15, 0.2) is 20.3 Å². The molecule has 8 heteroatoms. The van der Waals surface area contributed by atoms with Crippen molar-refractivity contribution in [3.05, 3.63) is 37.3 Å². The highest BCUT2D eigenvalue weighted by atomic mass is 35.5. The quantitative estimate of drug-likeness (QED) is 0.830. The van der Waals surface area contributed by atoms with Gasteiger partial charge in [0.05, 0.1) is 6.20 Å². The van der Waals surface area contributed by atoms with Gasteiger partial charge in [-0.1, -0.05) is 34.8 Å². The van der Waals surface area contributed by atoms with Gasteiger partial charge in [-0.2, -0.15) is 4.39 Å². The Labute approximate surface area is 91.5 Å². The second kappa shape index (κ2) is 4.16. The lowest BCUT2D eigenvalue weighted by molar-refractivity contribution is 0.589. The number of nitrogens with one attached hydrogen (secondary N) is 1. The van der Waals surface area contributed by atoms with Crippen molar-refractivity contribution in [3.8, 4) is 0 Å². The lowest BCUT2D eigenvalue weighted by Gasteiger charge is -2.01. The number of hydrogen-bond acceptors (Lipinski definition) is 2. The molecule has 0 atom stereocenters. The highest BCUT2D eigenvalue weighted by Gasteiger charge is 2.08. The van der Waals surface area contributed by atoms with Crippen molar-refractivity contribution in [3.63, 3.8) is 0 Å². The van der Waals surface area contributed by atoms with Crippen LogP contribution in [0.3, 0.4) is 0 Å². The van der Waals surface area contributed by atoms with Crippen molar-refractivity contribution in [1.82, 2.24) is 9.55 Å². The van der Waals surface area contributed by atoms with Gasteiger partial charge < -0.3 is 0 Å². The molecule has 0 radical (unpaired) electrons. The van der Waals surface area contributed by atoms with Gasteiger partial charge in [0.15, 0.2) is 0 Å². The molecule has 0 aromatic carbocycles. The molecule has 0 bridgehead atoms. The lowest BCUT2D eigenvalue weighted by atomic mass is 10.6. The monoisotopic (exact) mass is 258 g/mol. The van der Waals surface area contributed by atoms with E-state index in [4.69, 9.17) is 34.8 Å². The molecule has 4 nitrogen and oxygen atoms in total. The summed E-state index contributed by atoms with van der Waals surface area (Å²) in [5, 5.41) is -0.395. The molecule has 76 valence electrons. The minimum absolute atomic E-state index is 0.395. The Morgan fingerprint density at radius 2 is 1.93 bits per heavy atom. The first-order valence-corrected chi connectivity index (χ1v) is 4.29. The highest BCUT2D eigenvalue weighted by molar-refractivity contribution is 6.65. The summed E-state index contributed by atoms with van der Waals surface area (Å²) in [6.45, 7) is 0. The lowest BCUT2D eigenvalue weighted by Crippen LogP contribution is -2.30. The van der Waals surface area contributed by atoms with Crippen LogP contribution in [0, 0.1) is 5.82 Å². The Kier molecular flexibility index (Phi) is 3.36. The summed E-state index contributed by atoms with van der Waals surface area (Å²) in [6.07, 6.45) is 0.592. The summed E-state index contributed by atoms with van der Waals surface area (Å²) in [7, 11) is 0. The fourth-order valence-corrected chi connectivity index (χ4v) is 0.992. The number of rotatable bonds is 1. The summed E-state index contributed by atoms with van der Waals surface area (Å²) in [5.74, 6) is -1.17. The number of halogens is 4. The van der Waals surface area contributed by atoms with E-state index in [0.717, 1.165) is 0 Å². The van der Waals surface area contributed by atoms with Crippen LogP contribution in [0.5, 0.6) is 0 Å². The first kappa shape index (κ1) is 11.3. The van der Waals surface area contributed by atoms with Crippen molar-refractivity contribution >= 4 is 40.0 Å². The first-order valence-electron chi connectivity index (χ1n) is 3.16. The molecule has 0 aliphatic carbocycles. The Balaban J connectivity index is 3.53. The van der Waals surface area contributed by atoms with E-state index in [-0.39, 0.29) is 0 Å². The standard InChI is InChI=1S/C6H2Cl3FN2O2/c7-3(8)4(9)12-1-2(10)5(13)11-6(12)14/h1H,(H,11,13,14). The van der Waals surface area contributed by atoms with E-state index in [1.165, 1.54) is 0 Å². The molecule has 0 fully saturated rings. The number of H-pyrrole nitrogens is 1. The molecule has 1 rings (SSSR count). The van der Waals surface area contributed by atoms with E-state index in [0.29, 0.717) is 10.8 Å². The van der Waals surface area contributed by atoms with Crippen LogP contribution >= 0.6 is 34.8 Å². The van der Waals surface area contributed by atoms with Crippen molar-refractivity contribution in [2.24, 2.45) is 0 Å². The largest absolute Gasteiger partial charge is 0.333 e. The average Bonchev–Trinajstić information content (AvgIpc) is 2.10. The molecular formula is C6H2Cl3FN2O2. The van der Waals surface area contributed by atoms with Gasteiger partial charge >= 0.3 is 5.69 Å². The SMILES string of the molecule is O=c1[nH]c(=O)n(C(Cl)=C(Cl)Cl)cc1F. The Morgan fingerprint density at radius 1 is 1.36 bits per heavy atom. The Bertz CT molecular complexity index is 501. The summed E-state index contributed by atoms with van der Waals surface area (Å²) in [6, 6.07) is 0. The third-order valence-electron chi connectivity index (χ3n) is 1.27. The third kappa shape index (κ3) is 2.17. The molecule has 14 heavy (non-hydrogen) atoms. The molecule has 1 aromatic heterocycles. The zero-order valence-corrected chi connectivity index (χ0v) is 8.62. The molecule has 0 saturated heterocycles. The zero-order chi connectivity index (χ0) is 10.9. The molecule has 0 amide bonds. The Morgan fingerprint density at radius 3 is 2.43 bits per heavy atom. The second-order valence-electron chi connectivity index (χ2n) is 2.16. The van der Waals surface area contributed by atoms with Gasteiger partial charge in [-0.15, -0.1) is 0 Å². The predicted molar refractivity (Wildman–Crippen MR) is 52.1 cm³/mol. The van der Waals surface area contributed by atoms with E-state index < -0.39 is 26.7 Å². The topological polar surface area (TPSA) is 54.9 Å². The molecule has 1 N–H and O–H groups in total. The second-order valence-corrected chi connectivity index (χ2v) is 3.46. The van der Waals surface area contributed by atoms with E-state index in [1.807, 2.05) is 0 Å². The molecule has 0 aliphatic rings. The normalized spacial score (nSPS) is 10.0. The van der Waals surface area contributed by atoms with Crippen LogP contribution in [-0.2, 0) is 0 Å². The zero-order valence-electron chi connectivity index (χ0n) is 6.35. The first-order chi connectivity index (χ1) is 6.43. The molecule has 0 saturated carbocycles. The number of aromatic nitrogens is 2. The van der Waals surface area contributed by atoms with Gasteiger partial charge in [0.1, 0.15) is 9.65 Å². The van der Waals surface area contributed by atoms with Crippen molar-refractivity contribution < 1.29 is 4.39 Å². The number of hydrogen-bond donors (Lipinski definition) is 1. The molecular weight excluding hydrogens is 257 g/mol. The van der Waals surface area contributed by atoms with Gasteiger partial charge in [-0.3, -0.25) is 14.3 Å². The van der Waals surface area contributed by atoms with Gasteiger partial charge in [-0.05, 0) is 0 Å². The number of nitrogens with zero attached hydrogens (tertiary/aromatic N) is 1. The molecule has 0 spiro atoms. The summed E-state index contributed by atoms with van der Waals surface area (Å²) in [5.41, 5.74) is -2.07. The van der Waals surface area contributed by atoms with Crippen LogP contribution < -0.4 is 11.2 Å². The summed E-state index contributed by atoms with van der Waals surface area (Å²) >= 11 is 16.0. The smallest absolute Gasteiger partial charge is 0.271 e. The molecule has 0 aliphatic heterocycles. The van der Waals surface area contributed by atoms with Gasteiger partial charge in [-0.25, -0.2) is 4.79 Å². The van der Waals surface area contributed by atoms with E-state index in [2.05, 4.69) is 0 Å². The van der Waals surface area contributed by atoms with Gasteiger partial charge in [0.2, 0.25) is 5.82 Å².